The molecule has 6 aromatic carbocycles. The van der Waals surface area contributed by atoms with Crippen LogP contribution in [0.4, 0.5) is 45.5 Å². The Morgan fingerprint density at radius 2 is 0.640 bits per heavy atom. The molecule has 2 heterocycles. The number of benzene rings is 6. The van der Waals surface area contributed by atoms with Gasteiger partial charge >= 0.3 is 0 Å². The molecular formula is C44H42N4S2. The predicted molar refractivity (Wildman–Crippen MR) is 220 cm³/mol. The maximum Gasteiger partial charge on any atom is 0.0482 e. The third-order valence-corrected chi connectivity index (χ3v) is 11.4. The zero-order valence-electron chi connectivity index (χ0n) is 28.3. The molecule has 6 aromatic rings. The van der Waals surface area contributed by atoms with E-state index < -0.39 is 0 Å². The normalized spacial score (nSPS) is 14.7. The van der Waals surface area contributed by atoms with Gasteiger partial charge < -0.3 is 19.6 Å². The van der Waals surface area contributed by atoms with Gasteiger partial charge in [0.2, 0.25) is 0 Å². The average molecular weight is 691 g/mol. The molecular weight excluding hydrogens is 649 g/mol. The SMILES string of the molecule is c1ccc(N(c2ccccc2)c2ccc(-c3ccc(N(c4ccccc4)c4ccccc4)cc3N3CCSCC3)c(N3CCSCC3)c2)cc1. The fourth-order valence-corrected chi connectivity index (χ4v) is 8.91. The highest BCUT2D eigenvalue weighted by Crippen LogP contribution is 2.46. The van der Waals surface area contributed by atoms with Gasteiger partial charge in [0.1, 0.15) is 0 Å². The topological polar surface area (TPSA) is 13.0 Å². The van der Waals surface area contributed by atoms with Crippen molar-refractivity contribution < 1.29 is 0 Å². The fraction of sp³-hybridized carbons (Fsp3) is 0.182. The molecule has 0 saturated carbocycles. The van der Waals surface area contributed by atoms with Crippen LogP contribution in [-0.2, 0) is 0 Å². The molecule has 250 valence electrons. The molecule has 0 unspecified atom stereocenters. The van der Waals surface area contributed by atoms with E-state index in [0.717, 1.165) is 71.9 Å². The Balaban J connectivity index is 1.29. The van der Waals surface area contributed by atoms with Gasteiger partial charge in [0.05, 0.1) is 0 Å². The molecule has 0 radical (unpaired) electrons. The smallest absolute Gasteiger partial charge is 0.0482 e. The monoisotopic (exact) mass is 690 g/mol. The lowest BCUT2D eigenvalue weighted by molar-refractivity contribution is 0.854. The first-order valence-electron chi connectivity index (χ1n) is 17.6. The molecule has 2 saturated heterocycles. The van der Waals surface area contributed by atoms with E-state index in [1.807, 2.05) is 0 Å². The summed E-state index contributed by atoms with van der Waals surface area (Å²) in [7, 11) is 0. The van der Waals surface area contributed by atoms with Crippen LogP contribution in [0.25, 0.3) is 11.1 Å². The van der Waals surface area contributed by atoms with E-state index in [-0.39, 0.29) is 0 Å². The lowest BCUT2D eigenvalue weighted by Gasteiger charge is -2.35. The van der Waals surface area contributed by atoms with Gasteiger partial charge in [-0.05, 0) is 72.8 Å². The summed E-state index contributed by atoms with van der Waals surface area (Å²) < 4.78 is 0. The molecule has 0 spiro atoms. The minimum absolute atomic E-state index is 1.04. The maximum absolute atomic E-state index is 2.62. The van der Waals surface area contributed by atoms with Crippen LogP contribution in [0.15, 0.2) is 158 Å². The summed E-state index contributed by atoms with van der Waals surface area (Å²) in [4.78, 5) is 10.0. The van der Waals surface area contributed by atoms with Crippen LogP contribution in [0.3, 0.4) is 0 Å². The zero-order valence-corrected chi connectivity index (χ0v) is 29.9. The number of rotatable bonds is 9. The van der Waals surface area contributed by atoms with Gasteiger partial charge in [0, 0.05) is 106 Å². The van der Waals surface area contributed by atoms with Crippen LogP contribution >= 0.6 is 23.5 Å². The minimum atomic E-state index is 1.04. The summed E-state index contributed by atoms with van der Waals surface area (Å²) in [5.74, 6) is 4.57. The fourth-order valence-electron chi connectivity index (χ4n) is 7.11. The van der Waals surface area contributed by atoms with Crippen LogP contribution < -0.4 is 19.6 Å². The second-order valence-electron chi connectivity index (χ2n) is 12.6. The van der Waals surface area contributed by atoms with E-state index in [9.17, 15) is 0 Å². The number of hydrogen-bond donors (Lipinski definition) is 0. The molecule has 0 atom stereocenters. The molecule has 0 bridgehead atoms. The summed E-state index contributed by atoms with van der Waals surface area (Å²) in [5, 5.41) is 0. The van der Waals surface area contributed by atoms with E-state index >= 15 is 0 Å². The van der Waals surface area contributed by atoms with Gasteiger partial charge in [0.15, 0.2) is 0 Å². The van der Waals surface area contributed by atoms with Crippen LogP contribution in [0.2, 0.25) is 0 Å². The summed E-state index contributed by atoms with van der Waals surface area (Å²) in [6.07, 6.45) is 0. The summed E-state index contributed by atoms with van der Waals surface area (Å²) >= 11 is 4.12. The zero-order chi connectivity index (χ0) is 33.5. The van der Waals surface area contributed by atoms with Crippen molar-refractivity contribution in [2.75, 3.05) is 68.8 Å². The molecule has 6 heteroatoms. The molecule has 2 aliphatic rings. The molecule has 50 heavy (non-hydrogen) atoms. The van der Waals surface area contributed by atoms with Crippen molar-refractivity contribution in [3.8, 4) is 11.1 Å². The highest BCUT2D eigenvalue weighted by molar-refractivity contribution is 7.99. The summed E-state index contributed by atoms with van der Waals surface area (Å²) in [6, 6.07) is 57.3. The first-order valence-corrected chi connectivity index (χ1v) is 19.9. The van der Waals surface area contributed by atoms with Crippen LogP contribution in [0, 0.1) is 0 Å². The first kappa shape index (κ1) is 32.4. The van der Waals surface area contributed by atoms with E-state index in [4.69, 9.17) is 0 Å². The van der Waals surface area contributed by atoms with Gasteiger partial charge in [-0.1, -0.05) is 84.9 Å². The van der Waals surface area contributed by atoms with Crippen LogP contribution in [0.5, 0.6) is 0 Å². The number of para-hydroxylation sites is 4. The molecule has 0 aliphatic carbocycles. The second kappa shape index (κ2) is 15.4. The highest BCUT2D eigenvalue weighted by Gasteiger charge is 2.24. The third-order valence-electron chi connectivity index (χ3n) is 9.53. The van der Waals surface area contributed by atoms with Crippen molar-refractivity contribution in [1.82, 2.24) is 0 Å². The maximum atomic E-state index is 2.62. The van der Waals surface area contributed by atoms with Gasteiger partial charge in [-0.25, -0.2) is 0 Å². The van der Waals surface area contributed by atoms with Crippen molar-refractivity contribution in [2.45, 2.75) is 0 Å². The lowest BCUT2D eigenvalue weighted by atomic mass is 9.97. The number of anilines is 8. The average Bonchev–Trinajstić information content (AvgIpc) is 3.20. The third kappa shape index (κ3) is 6.96. The lowest BCUT2D eigenvalue weighted by Crippen LogP contribution is -2.34. The van der Waals surface area contributed by atoms with Crippen LogP contribution in [0.1, 0.15) is 0 Å². The highest BCUT2D eigenvalue weighted by atomic mass is 32.2. The van der Waals surface area contributed by atoms with Crippen LogP contribution in [-0.4, -0.2) is 49.2 Å². The largest absolute Gasteiger partial charge is 0.369 e. The molecule has 8 rings (SSSR count). The Morgan fingerprint density at radius 3 is 0.940 bits per heavy atom. The molecule has 0 aromatic heterocycles. The van der Waals surface area contributed by atoms with E-state index in [1.165, 1.54) is 33.9 Å². The summed E-state index contributed by atoms with van der Waals surface area (Å²) in [5.41, 5.74) is 12.2. The molecule has 2 fully saturated rings. The van der Waals surface area contributed by atoms with E-state index in [1.54, 1.807) is 0 Å². The molecule has 0 N–H and O–H groups in total. The van der Waals surface area contributed by atoms with Gasteiger partial charge in [-0.2, -0.15) is 23.5 Å². The Kier molecular flexibility index (Phi) is 9.99. The van der Waals surface area contributed by atoms with Crippen molar-refractivity contribution in [1.29, 1.82) is 0 Å². The van der Waals surface area contributed by atoms with Gasteiger partial charge in [-0.15, -0.1) is 0 Å². The van der Waals surface area contributed by atoms with Crippen molar-refractivity contribution >= 4 is 69.0 Å². The van der Waals surface area contributed by atoms with E-state index in [2.05, 4.69) is 201 Å². The molecule has 2 aliphatic heterocycles. The first-order chi connectivity index (χ1) is 24.8. The Labute approximate surface area is 305 Å². The number of hydrogen-bond acceptors (Lipinski definition) is 6. The second-order valence-corrected chi connectivity index (χ2v) is 15.1. The minimum Gasteiger partial charge on any atom is -0.369 e. The predicted octanol–water partition coefficient (Wildman–Crippen LogP) is 11.4. The Bertz CT molecular complexity index is 1750. The standard InChI is InChI=1S/C44H42N4S2/c1-5-13-35(14-6-1)47(36-15-7-2-8-16-36)39-21-23-41(43(33-39)45-25-29-49-30-26-45)42-24-22-40(34-44(42)46-27-31-50-32-28-46)48(37-17-9-3-10-18-37)38-19-11-4-12-20-38/h1-24,33-34H,25-32H2. The molecule has 4 nitrogen and oxygen atoms in total. The Morgan fingerprint density at radius 1 is 0.340 bits per heavy atom. The van der Waals surface area contributed by atoms with Gasteiger partial charge in [0.25, 0.3) is 0 Å². The molecule has 0 amide bonds. The van der Waals surface area contributed by atoms with Gasteiger partial charge in [-0.3, -0.25) is 0 Å². The van der Waals surface area contributed by atoms with Crippen molar-refractivity contribution in [3.05, 3.63) is 158 Å². The van der Waals surface area contributed by atoms with Crippen molar-refractivity contribution in [2.24, 2.45) is 0 Å². The summed E-state index contributed by atoms with van der Waals surface area (Å²) in [6.45, 7) is 4.17. The quantitative estimate of drug-likeness (QED) is 0.149. The Hall–Kier alpha value is -4.78. The van der Waals surface area contributed by atoms with Crippen molar-refractivity contribution in [3.63, 3.8) is 0 Å². The number of nitrogens with zero attached hydrogens (tertiary/aromatic N) is 4. The van der Waals surface area contributed by atoms with E-state index in [0.29, 0.717) is 0 Å². The number of thioether (sulfide) groups is 2.